The lowest BCUT2D eigenvalue weighted by molar-refractivity contribution is -0.137. The molecule has 0 radical (unpaired) electrons. The van der Waals surface area contributed by atoms with Gasteiger partial charge in [0, 0.05) is 24.6 Å². The molecule has 0 aliphatic heterocycles. The van der Waals surface area contributed by atoms with Gasteiger partial charge in [-0.2, -0.15) is 13.2 Å². The molecule has 0 spiro atoms. The fourth-order valence-electron chi connectivity index (χ4n) is 1.39. The maximum atomic E-state index is 12.5. The number of halogens is 4. The highest BCUT2D eigenvalue weighted by Gasteiger charge is 2.30. The average Bonchev–Trinajstić information content (AvgIpc) is 2.24. The van der Waals surface area contributed by atoms with Gasteiger partial charge in [-0.15, -0.1) is 0 Å². The number of anilines is 1. The first-order chi connectivity index (χ1) is 7.86. The maximum absolute atomic E-state index is 12.5. The summed E-state index contributed by atoms with van der Waals surface area (Å²) < 4.78 is 37.8. The Balaban J connectivity index is 2.90. The third-order valence-electron chi connectivity index (χ3n) is 2.38. The van der Waals surface area contributed by atoms with Crippen LogP contribution >= 0.6 is 15.9 Å². The van der Waals surface area contributed by atoms with Crippen molar-refractivity contribution in [1.82, 2.24) is 5.32 Å². The minimum atomic E-state index is -4.30. The third kappa shape index (κ3) is 3.89. The number of likely N-dealkylation sites (N-methyl/N-ethyl adjacent to an activating group) is 2. The lowest BCUT2D eigenvalue weighted by atomic mass is 10.2. The van der Waals surface area contributed by atoms with Crippen molar-refractivity contribution in [2.45, 2.75) is 6.18 Å². The van der Waals surface area contributed by atoms with Gasteiger partial charge in [0.15, 0.2) is 0 Å². The van der Waals surface area contributed by atoms with E-state index in [0.717, 1.165) is 30.9 Å². The largest absolute Gasteiger partial charge is 0.416 e. The predicted molar refractivity (Wildman–Crippen MR) is 66.3 cm³/mol. The first-order valence-corrected chi connectivity index (χ1v) is 5.88. The van der Waals surface area contributed by atoms with Crippen molar-refractivity contribution in [1.29, 1.82) is 0 Å². The summed E-state index contributed by atoms with van der Waals surface area (Å²) >= 11 is 3.17. The molecule has 0 saturated heterocycles. The van der Waals surface area contributed by atoms with E-state index in [4.69, 9.17) is 0 Å². The van der Waals surface area contributed by atoms with Crippen molar-refractivity contribution in [3.63, 3.8) is 0 Å². The van der Waals surface area contributed by atoms with Crippen molar-refractivity contribution in [2.75, 3.05) is 32.1 Å². The number of alkyl halides is 3. The van der Waals surface area contributed by atoms with Gasteiger partial charge in [-0.1, -0.05) is 0 Å². The molecule has 1 N–H and O–H groups in total. The average molecular weight is 311 g/mol. The molecule has 0 aliphatic rings. The van der Waals surface area contributed by atoms with E-state index in [0.29, 0.717) is 4.47 Å². The molecule has 2 nitrogen and oxygen atoms in total. The molecule has 96 valence electrons. The van der Waals surface area contributed by atoms with E-state index in [-0.39, 0.29) is 0 Å². The molecule has 0 aromatic heterocycles. The molecule has 0 unspecified atom stereocenters. The minimum absolute atomic E-state index is 0.450. The summed E-state index contributed by atoms with van der Waals surface area (Å²) in [6, 6.07) is 3.67. The van der Waals surface area contributed by atoms with Gasteiger partial charge in [-0.3, -0.25) is 0 Å². The Labute approximate surface area is 107 Å². The molecular weight excluding hydrogens is 297 g/mol. The molecule has 17 heavy (non-hydrogen) atoms. The summed E-state index contributed by atoms with van der Waals surface area (Å²) in [5.41, 5.74) is 0.100. The SMILES string of the molecule is CNCCN(C)c1ccc(C(F)(F)F)cc1Br. The van der Waals surface area contributed by atoms with E-state index < -0.39 is 11.7 Å². The van der Waals surface area contributed by atoms with E-state index >= 15 is 0 Å². The maximum Gasteiger partial charge on any atom is 0.416 e. The van der Waals surface area contributed by atoms with Crippen LogP contribution in [0.15, 0.2) is 22.7 Å². The van der Waals surface area contributed by atoms with Crippen LogP contribution in [0.2, 0.25) is 0 Å². The lowest BCUT2D eigenvalue weighted by Crippen LogP contribution is -2.27. The Hall–Kier alpha value is -0.750. The highest BCUT2D eigenvalue weighted by atomic mass is 79.9. The molecule has 0 saturated carbocycles. The summed E-state index contributed by atoms with van der Waals surface area (Å²) in [4.78, 5) is 1.89. The van der Waals surface area contributed by atoms with Crippen molar-refractivity contribution in [3.05, 3.63) is 28.2 Å². The molecule has 0 aliphatic carbocycles. The Morgan fingerprint density at radius 2 is 2.00 bits per heavy atom. The quantitative estimate of drug-likeness (QED) is 0.919. The highest BCUT2D eigenvalue weighted by molar-refractivity contribution is 9.10. The molecule has 1 aromatic rings. The van der Waals surface area contributed by atoms with Gasteiger partial charge >= 0.3 is 6.18 Å². The van der Waals surface area contributed by atoms with Crippen LogP contribution in [0.3, 0.4) is 0 Å². The van der Waals surface area contributed by atoms with Crippen LogP contribution in [0, 0.1) is 0 Å². The fraction of sp³-hybridized carbons (Fsp3) is 0.455. The van der Waals surface area contributed by atoms with E-state index in [2.05, 4.69) is 21.2 Å². The van der Waals surface area contributed by atoms with Gasteiger partial charge in [0.05, 0.1) is 11.3 Å². The Morgan fingerprint density at radius 1 is 1.35 bits per heavy atom. The number of nitrogens with one attached hydrogen (secondary N) is 1. The zero-order valence-electron chi connectivity index (χ0n) is 9.61. The monoisotopic (exact) mass is 310 g/mol. The topological polar surface area (TPSA) is 15.3 Å². The van der Waals surface area contributed by atoms with E-state index in [9.17, 15) is 13.2 Å². The Kier molecular flexibility index (Phi) is 4.82. The zero-order chi connectivity index (χ0) is 13.1. The number of benzene rings is 1. The second-order valence-corrected chi connectivity index (χ2v) is 4.54. The number of nitrogens with zero attached hydrogens (tertiary/aromatic N) is 1. The van der Waals surface area contributed by atoms with Crippen LogP contribution < -0.4 is 10.2 Å². The Morgan fingerprint density at radius 3 is 2.47 bits per heavy atom. The van der Waals surface area contributed by atoms with Gasteiger partial charge in [0.1, 0.15) is 0 Å². The molecule has 0 atom stereocenters. The summed E-state index contributed by atoms with van der Waals surface area (Å²) in [6.45, 7) is 1.49. The van der Waals surface area contributed by atoms with Crippen molar-refractivity contribution in [2.24, 2.45) is 0 Å². The van der Waals surface area contributed by atoms with Crippen LogP contribution in [0.4, 0.5) is 18.9 Å². The third-order valence-corrected chi connectivity index (χ3v) is 3.02. The summed E-state index contributed by atoms with van der Waals surface area (Å²) in [6.07, 6.45) is -4.30. The summed E-state index contributed by atoms with van der Waals surface area (Å²) in [5.74, 6) is 0. The molecule has 0 fully saturated rings. The second-order valence-electron chi connectivity index (χ2n) is 3.69. The van der Waals surface area contributed by atoms with Crippen molar-refractivity contribution >= 4 is 21.6 Å². The summed E-state index contributed by atoms with van der Waals surface area (Å²) in [5, 5.41) is 2.99. The van der Waals surface area contributed by atoms with Crippen molar-refractivity contribution in [3.8, 4) is 0 Å². The molecule has 0 bridgehead atoms. The van der Waals surface area contributed by atoms with Crippen LogP contribution in [-0.2, 0) is 6.18 Å². The predicted octanol–water partition coefficient (Wildman–Crippen LogP) is 3.12. The molecule has 0 amide bonds. The van der Waals surface area contributed by atoms with Crippen LogP contribution in [-0.4, -0.2) is 27.2 Å². The summed E-state index contributed by atoms with van der Waals surface area (Å²) in [7, 11) is 3.67. The molecule has 6 heteroatoms. The first-order valence-electron chi connectivity index (χ1n) is 5.08. The fourth-order valence-corrected chi connectivity index (χ4v) is 2.07. The Bertz CT molecular complexity index is 379. The van der Waals surface area contributed by atoms with Crippen LogP contribution in [0.5, 0.6) is 0 Å². The highest BCUT2D eigenvalue weighted by Crippen LogP contribution is 2.34. The van der Waals surface area contributed by atoms with Gasteiger partial charge < -0.3 is 10.2 Å². The standard InChI is InChI=1S/C11H14BrF3N2/c1-16-5-6-17(2)10-4-3-8(7-9(10)12)11(13,14)15/h3-4,7,16H,5-6H2,1-2H3. The van der Waals surface area contributed by atoms with E-state index in [1.165, 1.54) is 6.07 Å². The normalized spacial score (nSPS) is 11.6. The van der Waals surface area contributed by atoms with Crippen molar-refractivity contribution < 1.29 is 13.2 Å². The second kappa shape index (κ2) is 5.73. The van der Waals surface area contributed by atoms with E-state index in [1.807, 2.05) is 19.0 Å². The van der Waals surface area contributed by atoms with Crippen LogP contribution in [0.1, 0.15) is 5.56 Å². The smallest absolute Gasteiger partial charge is 0.372 e. The van der Waals surface area contributed by atoms with E-state index in [1.54, 1.807) is 0 Å². The number of hydrogen-bond acceptors (Lipinski definition) is 2. The number of rotatable bonds is 4. The zero-order valence-corrected chi connectivity index (χ0v) is 11.2. The van der Waals surface area contributed by atoms with Gasteiger partial charge in [-0.25, -0.2) is 0 Å². The lowest BCUT2D eigenvalue weighted by Gasteiger charge is -2.21. The van der Waals surface area contributed by atoms with Gasteiger partial charge in [0.2, 0.25) is 0 Å². The van der Waals surface area contributed by atoms with Gasteiger partial charge in [0.25, 0.3) is 0 Å². The number of hydrogen-bond donors (Lipinski definition) is 1. The van der Waals surface area contributed by atoms with Crippen LogP contribution in [0.25, 0.3) is 0 Å². The molecular formula is C11H14BrF3N2. The first kappa shape index (κ1) is 14.3. The minimum Gasteiger partial charge on any atom is -0.372 e. The molecule has 0 heterocycles. The molecule has 1 aromatic carbocycles. The molecule has 1 rings (SSSR count). The van der Waals surface area contributed by atoms with Gasteiger partial charge in [-0.05, 0) is 41.2 Å².